The summed E-state index contributed by atoms with van der Waals surface area (Å²) in [5.41, 5.74) is 1.77. The van der Waals surface area contributed by atoms with Gasteiger partial charge in [0.25, 0.3) is 5.91 Å². The number of imidazole rings is 1. The Bertz CT molecular complexity index is 882. The Morgan fingerprint density at radius 2 is 1.96 bits per heavy atom. The number of hydrogen-bond donors (Lipinski definition) is 3. The number of fused-ring (bicyclic) bond motifs is 1. The second-order valence-corrected chi connectivity index (χ2v) is 7.03. The van der Waals surface area contributed by atoms with E-state index in [-0.39, 0.29) is 22.7 Å². The number of carboxylic acid groups (broad SMARTS) is 1. The number of hydrogen-bond acceptors (Lipinski definition) is 4. The predicted molar refractivity (Wildman–Crippen MR) is 97.0 cm³/mol. The number of carbonyl (C=O) groups excluding carboxylic acids is 1. The molecule has 0 spiro atoms. The zero-order chi connectivity index (χ0) is 18.0. The number of nitrogens with one attached hydrogen (secondary N) is 2. The summed E-state index contributed by atoms with van der Waals surface area (Å²) in [5, 5.41) is 12.0. The van der Waals surface area contributed by atoms with Crippen molar-refractivity contribution in [3.63, 3.8) is 0 Å². The molecule has 0 aliphatic carbocycles. The third kappa shape index (κ3) is 3.56. The van der Waals surface area contributed by atoms with Crippen molar-refractivity contribution >= 4 is 34.2 Å². The van der Waals surface area contributed by atoms with E-state index in [1.165, 1.54) is 12.1 Å². The third-order valence-electron chi connectivity index (χ3n) is 4.24. The molecule has 3 N–H and O–H groups in total. The van der Waals surface area contributed by atoms with Crippen molar-refractivity contribution in [3.8, 4) is 0 Å². The highest BCUT2D eigenvalue weighted by Gasteiger charge is 2.25. The Kier molecular flexibility index (Phi) is 4.85. The largest absolute Gasteiger partial charge is 0.477 e. The Balaban J connectivity index is 1.87. The predicted octanol–water partition coefficient (Wildman–Crippen LogP) is 3.84. The molecule has 130 valence electrons. The van der Waals surface area contributed by atoms with Crippen LogP contribution >= 0.6 is 11.3 Å². The zero-order valence-electron chi connectivity index (χ0n) is 13.9. The lowest BCUT2D eigenvalue weighted by molar-refractivity contribution is 0.0702. The van der Waals surface area contributed by atoms with Gasteiger partial charge < -0.3 is 15.4 Å². The van der Waals surface area contributed by atoms with E-state index in [0.717, 1.165) is 28.8 Å². The lowest BCUT2D eigenvalue weighted by Gasteiger charge is -2.22. The fraction of sp³-hybridized carbons (Fsp3) is 0.278. The molecule has 25 heavy (non-hydrogen) atoms. The number of carbonyl (C=O) groups is 2. The summed E-state index contributed by atoms with van der Waals surface area (Å²) in [6.45, 7) is 4.11. The van der Waals surface area contributed by atoms with Crippen LogP contribution in [0.1, 0.15) is 51.5 Å². The van der Waals surface area contributed by atoms with Crippen molar-refractivity contribution in [2.75, 3.05) is 0 Å². The molecule has 2 atom stereocenters. The van der Waals surface area contributed by atoms with Crippen LogP contribution in [-0.4, -0.2) is 27.0 Å². The van der Waals surface area contributed by atoms with Gasteiger partial charge in [-0.15, -0.1) is 11.3 Å². The van der Waals surface area contributed by atoms with Gasteiger partial charge in [0.1, 0.15) is 10.7 Å². The third-order valence-corrected chi connectivity index (χ3v) is 5.31. The number of H-pyrrole nitrogens is 1. The summed E-state index contributed by atoms with van der Waals surface area (Å²) < 4.78 is 0. The van der Waals surface area contributed by atoms with Crippen molar-refractivity contribution < 1.29 is 14.7 Å². The summed E-state index contributed by atoms with van der Waals surface area (Å²) in [7, 11) is 0. The number of benzene rings is 1. The first-order valence-corrected chi connectivity index (χ1v) is 8.90. The lowest BCUT2D eigenvalue weighted by atomic mass is 9.98. The monoisotopic (exact) mass is 357 g/mol. The molecule has 1 aromatic carbocycles. The van der Waals surface area contributed by atoms with Crippen LogP contribution < -0.4 is 5.32 Å². The number of carboxylic acids is 1. The van der Waals surface area contributed by atoms with Gasteiger partial charge in [0.05, 0.1) is 22.0 Å². The fourth-order valence-corrected chi connectivity index (χ4v) is 3.37. The molecule has 6 nitrogen and oxygen atoms in total. The molecule has 0 aliphatic heterocycles. The first-order valence-electron chi connectivity index (χ1n) is 8.08. The van der Waals surface area contributed by atoms with Crippen LogP contribution in [0, 0.1) is 5.92 Å². The Morgan fingerprint density at radius 3 is 2.60 bits per heavy atom. The van der Waals surface area contributed by atoms with Gasteiger partial charge in [0, 0.05) is 0 Å². The summed E-state index contributed by atoms with van der Waals surface area (Å²) in [6.07, 6.45) is 0.868. The van der Waals surface area contributed by atoms with Gasteiger partial charge in [-0.1, -0.05) is 32.4 Å². The summed E-state index contributed by atoms with van der Waals surface area (Å²) >= 11 is 0.968. The SMILES string of the molecule is CCC(C)C(NC(=O)c1ccc(C(=O)O)s1)c1nc2ccccc2[nH]1. The van der Waals surface area contributed by atoms with Gasteiger partial charge in [-0.2, -0.15) is 0 Å². The van der Waals surface area contributed by atoms with E-state index in [2.05, 4.69) is 29.1 Å². The van der Waals surface area contributed by atoms with E-state index >= 15 is 0 Å². The Labute approximate surface area is 148 Å². The molecule has 0 fully saturated rings. The standard InChI is InChI=1S/C18H19N3O3S/c1-3-10(2)15(16-19-11-6-4-5-7-12(11)20-16)21-17(22)13-8-9-14(25-13)18(23)24/h4-10,15H,3H2,1-2H3,(H,19,20)(H,21,22)(H,23,24). The van der Waals surface area contributed by atoms with Crippen molar-refractivity contribution in [1.82, 2.24) is 15.3 Å². The molecule has 0 saturated carbocycles. The van der Waals surface area contributed by atoms with E-state index in [0.29, 0.717) is 10.7 Å². The van der Waals surface area contributed by atoms with Crippen molar-refractivity contribution in [3.05, 3.63) is 52.0 Å². The smallest absolute Gasteiger partial charge is 0.345 e. The maximum atomic E-state index is 12.6. The molecule has 0 saturated heterocycles. The van der Waals surface area contributed by atoms with Gasteiger partial charge in [-0.3, -0.25) is 4.79 Å². The number of rotatable bonds is 6. The van der Waals surface area contributed by atoms with Crippen molar-refractivity contribution in [2.24, 2.45) is 5.92 Å². The van der Waals surface area contributed by atoms with E-state index < -0.39 is 5.97 Å². The van der Waals surface area contributed by atoms with Crippen LogP contribution in [0.4, 0.5) is 0 Å². The zero-order valence-corrected chi connectivity index (χ0v) is 14.8. The molecule has 2 unspecified atom stereocenters. The summed E-state index contributed by atoms with van der Waals surface area (Å²) in [4.78, 5) is 32.0. The van der Waals surface area contributed by atoms with Gasteiger partial charge in [-0.25, -0.2) is 9.78 Å². The molecule has 2 aromatic heterocycles. The number of nitrogens with zero attached hydrogens (tertiary/aromatic N) is 1. The Hall–Kier alpha value is -2.67. The first kappa shape index (κ1) is 17.2. The van der Waals surface area contributed by atoms with Crippen LogP contribution in [0.2, 0.25) is 0 Å². The number of aromatic amines is 1. The topological polar surface area (TPSA) is 95.1 Å². The molecule has 1 amide bonds. The first-order chi connectivity index (χ1) is 12.0. The number of thiophene rings is 1. The molecule has 7 heteroatoms. The maximum Gasteiger partial charge on any atom is 0.345 e. The van der Waals surface area contributed by atoms with E-state index in [1.807, 2.05) is 24.3 Å². The Morgan fingerprint density at radius 1 is 1.24 bits per heavy atom. The van der Waals surface area contributed by atoms with E-state index in [1.54, 1.807) is 0 Å². The quantitative estimate of drug-likeness (QED) is 0.624. The summed E-state index contributed by atoms with van der Waals surface area (Å²) in [5.74, 6) is -0.439. The molecule has 3 rings (SSSR count). The van der Waals surface area contributed by atoms with Crippen LogP contribution in [-0.2, 0) is 0 Å². The van der Waals surface area contributed by atoms with Crippen LogP contribution in [0.25, 0.3) is 11.0 Å². The number of amides is 1. The number of aromatic carboxylic acids is 1. The molecule has 0 aliphatic rings. The average molecular weight is 357 g/mol. The highest BCUT2D eigenvalue weighted by atomic mass is 32.1. The minimum atomic E-state index is -1.03. The van der Waals surface area contributed by atoms with Crippen molar-refractivity contribution in [1.29, 1.82) is 0 Å². The molecular weight excluding hydrogens is 338 g/mol. The molecule has 0 bridgehead atoms. The molecule has 3 aromatic rings. The van der Waals surface area contributed by atoms with E-state index in [4.69, 9.17) is 5.11 Å². The minimum absolute atomic E-state index is 0.147. The van der Waals surface area contributed by atoms with Crippen LogP contribution in [0.5, 0.6) is 0 Å². The fourth-order valence-electron chi connectivity index (χ4n) is 2.62. The van der Waals surface area contributed by atoms with Gasteiger partial charge in [-0.05, 0) is 30.2 Å². The lowest BCUT2D eigenvalue weighted by Crippen LogP contribution is -2.32. The normalized spacial score (nSPS) is 13.5. The molecule has 0 radical (unpaired) electrons. The minimum Gasteiger partial charge on any atom is -0.477 e. The highest BCUT2D eigenvalue weighted by Crippen LogP contribution is 2.26. The van der Waals surface area contributed by atoms with Gasteiger partial charge >= 0.3 is 5.97 Å². The second-order valence-electron chi connectivity index (χ2n) is 5.94. The van der Waals surface area contributed by atoms with Crippen LogP contribution in [0.15, 0.2) is 36.4 Å². The second kappa shape index (κ2) is 7.06. The maximum absolute atomic E-state index is 12.6. The average Bonchev–Trinajstić information content (AvgIpc) is 3.25. The molecule has 2 heterocycles. The van der Waals surface area contributed by atoms with Crippen LogP contribution in [0.3, 0.4) is 0 Å². The highest BCUT2D eigenvalue weighted by molar-refractivity contribution is 7.15. The van der Waals surface area contributed by atoms with Gasteiger partial charge in [0.2, 0.25) is 0 Å². The summed E-state index contributed by atoms with van der Waals surface area (Å²) in [6, 6.07) is 10.4. The number of aromatic nitrogens is 2. The van der Waals surface area contributed by atoms with E-state index in [9.17, 15) is 9.59 Å². The number of para-hydroxylation sites is 2. The van der Waals surface area contributed by atoms with Crippen molar-refractivity contribution in [2.45, 2.75) is 26.3 Å². The van der Waals surface area contributed by atoms with Gasteiger partial charge in [0.15, 0.2) is 0 Å². The molecular formula is C18H19N3O3S.